The SMILES string of the molecule is [Hf+4].[Hf+4].[Hf+4].[N-3].[N-3].[N-3].[N-3].[O]. The van der Waals surface area contributed by atoms with E-state index in [2.05, 4.69) is 0 Å². The summed E-state index contributed by atoms with van der Waals surface area (Å²) in [7, 11) is 0. The molecule has 8 heavy (non-hydrogen) atoms. The molecule has 0 aliphatic heterocycles. The summed E-state index contributed by atoms with van der Waals surface area (Å²) in [6.07, 6.45) is 0. The minimum Gasteiger partial charge on any atom is -3.00 e. The maximum absolute atomic E-state index is 0. The summed E-state index contributed by atoms with van der Waals surface area (Å²) in [5.74, 6) is 0. The van der Waals surface area contributed by atoms with Crippen LogP contribution in [0.15, 0.2) is 0 Å². The maximum Gasteiger partial charge on any atom is 4.00 e. The van der Waals surface area contributed by atoms with Crippen LogP contribution in [-0.4, -0.2) is 0 Å². The second kappa shape index (κ2) is 115. The predicted molar refractivity (Wildman–Crippen MR) is 14.1 cm³/mol. The molecule has 0 aromatic rings. The van der Waals surface area contributed by atoms with Crippen molar-refractivity contribution in [3.05, 3.63) is 24.6 Å². The molecule has 0 unspecified atom stereocenters. The summed E-state index contributed by atoms with van der Waals surface area (Å²) >= 11 is 0. The topological polar surface area (TPSA) is 150 Å². The molecule has 0 heterocycles. The van der Waals surface area contributed by atoms with Crippen LogP contribution in [0.5, 0.6) is 0 Å². The largest absolute Gasteiger partial charge is 4.00 e. The van der Waals surface area contributed by atoms with Crippen LogP contribution < -0.4 is 0 Å². The molecule has 5 nitrogen and oxygen atoms in total. The number of nitrogens with zero attached hydrogens (tertiary/aromatic N) is 4. The van der Waals surface area contributed by atoms with Gasteiger partial charge in [-0.15, -0.1) is 0 Å². The molecule has 2 radical (unpaired) electrons. The molecule has 0 amide bonds. The Labute approximate surface area is 106 Å². The predicted octanol–water partition coefficient (Wildman–Crippen LogP) is 1.03. The van der Waals surface area contributed by atoms with E-state index in [0.717, 1.165) is 0 Å². The van der Waals surface area contributed by atoms with Gasteiger partial charge in [0.25, 0.3) is 0 Å². The standard InChI is InChI=1S/3Hf.4N.O/q3*+4;4*-3;. The van der Waals surface area contributed by atoms with Crippen molar-refractivity contribution in [3.63, 3.8) is 0 Å². The van der Waals surface area contributed by atoms with Crippen molar-refractivity contribution >= 4 is 0 Å². The van der Waals surface area contributed by atoms with Gasteiger partial charge in [0.2, 0.25) is 0 Å². The Bertz CT molecular complexity index is 11.2. The van der Waals surface area contributed by atoms with E-state index in [0.29, 0.717) is 0 Å². The van der Waals surface area contributed by atoms with E-state index in [1.807, 2.05) is 0 Å². The van der Waals surface area contributed by atoms with Gasteiger partial charge in [0.1, 0.15) is 0 Å². The minimum atomic E-state index is 0. The fourth-order valence-electron chi connectivity index (χ4n) is 0. The van der Waals surface area contributed by atoms with Gasteiger partial charge >= 0.3 is 77.5 Å². The first-order valence-electron chi connectivity index (χ1n) is 0. The molecule has 0 aliphatic rings. The summed E-state index contributed by atoms with van der Waals surface area (Å²) < 4.78 is 0. The Morgan fingerprint density at radius 2 is 0.375 bits per heavy atom. The quantitative estimate of drug-likeness (QED) is 0.362. The zero-order valence-corrected chi connectivity index (χ0v) is 14.5. The molecule has 38 valence electrons. The number of hydrogen-bond acceptors (Lipinski definition) is 0. The zero-order chi connectivity index (χ0) is 0. The Hall–Kier alpha value is 2.41. The summed E-state index contributed by atoms with van der Waals surface area (Å²) in [6.45, 7) is 0. The van der Waals surface area contributed by atoms with E-state index in [4.69, 9.17) is 0 Å². The van der Waals surface area contributed by atoms with Gasteiger partial charge in [0, 0.05) is 5.48 Å². The third kappa shape index (κ3) is 79.5. The number of rotatable bonds is 0. The monoisotopic (exact) mass is 612 g/mol. The fourth-order valence-corrected chi connectivity index (χ4v) is 0. The van der Waals surface area contributed by atoms with Crippen LogP contribution >= 0.6 is 0 Å². The Morgan fingerprint density at radius 3 is 0.375 bits per heavy atom. The minimum absolute atomic E-state index is 0. The first-order valence-corrected chi connectivity index (χ1v) is 0. The summed E-state index contributed by atoms with van der Waals surface area (Å²) in [4.78, 5) is 0. The van der Waals surface area contributed by atoms with Crippen molar-refractivity contribution in [2.45, 2.75) is 0 Å². The third-order valence-electron chi connectivity index (χ3n) is 0. The van der Waals surface area contributed by atoms with Crippen LogP contribution in [0.25, 0.3) is 24.6 Å². The molecule has 0 aliphatic carbocycles. The second-order valence-corrected chi connectivity index (χ2v) is 0. The van der Waals surface area contributed by atoms with Crippen LogP contribution in [0, 0.1) is 0 Å². The first-order chi connectivity index (χ1) is 0. The van der Waals surface area contributed by atoms with E-state index in [9.17, 15) is 0 Å². The van der Waals surface area contributed by atoms with Crippen molar-refractivity contribution in [3.8, 4) is 0 Å². The molecule has 0 saturated heterocycles. The van der Waals surface area contributed by atoms with Gasteiger partial charge in [-0.3, -0.25) is 0 Å². The molecule has 8 heteroatoms. The van der Waals surface area contributed by atoms with Gasteiger partial charge < -0.3 is 24.6 Å². The second-order valence-electron chi connectivity index (χ2n) is 0. The normalized spacial score (nSPS) is 0. The van der Waals surface area contributed by atoms with Crippen LogP contribution in [0.3, 0.4) is 0 Å². The summed E-state index contributed by atoms with van der Waals surface area (Å²) in [6, 6.07) is 0. The Morgan fingerprint density at radius 1 is 0.375 bits per heavy atom. The maximum atomic E-state index is 0. The average molecular weight is 607 g/mol. The van der Waals surface area contributed by atoms with E-state index in [1.54, 1.807) is 0 Å². The van der Waals surface area contributed by atoms with E-state index >= 15 is 0 Å². The molecule has 0 aromatic heterocycles. The smallest absolute Gasteiger partial charge is 3.00 e. The molecule has 0 atom stereocenters. The van der Waals surface area contributed by atoms with Gasteiger partial charge in [-0.25, -0.2) is 0 Å². The Kier molecular flexibility index (Phi) is 2270. The van der Waals surface area contributed by atoms with Crippen molar-refractivity contribution in [2.24, 2.45) is 0 Å². The molecule has 0 rings (SSSR count). The summed E-state index contributed by atoms with van der Waals surface area (Å²) in [5.41, 5.74) is 0. The van der Waals surface area contributed by atoms with Gasteiger partial charge in [0.15, 0.2) is 0 Å². The molecular weight excluding hydrogens is 607 g/mol. The van der Waals surface area contributed by atoms with Gasteiger partial charge in [-0.1, -0.05) is 0 Å². The van der Waals surface area contributed by atoms with E-state index < -0.39 is 0 Å². The molecule has 0 N–H and O–H groups in total. The third-order valence-corrected chi connectivity index (χ3v) is 0. The van der Waals surface area contributed by atoms with Gasteiger partial charge in [-0.2, -0.15) is 0 Å². The summed E-state index contributed by atoms with van der Waals surface area (Å²) in [5, 5.41) is 0. The zero-order valence-electron chi connectivity index (χ0n) is 3.70. The molecular formula is Hf3N4O. The van der Waals surface area contributed by atoms with E-state index in [1.165, 1.54) is 0 Å². The average Bonchev–Trinajstić information content (AvgIpc) is 0. The Balaban J connectivity index is 0. The fraction of sp³-hybridized carbons (Fsp3) is 0. The van der Waals surface area contributed by atoms with Crippen LogP contribution in [0.1, 0.15) is 0 Å². The van der Waals surface area contributed by atoms with Crippen molar-refractivity contribution in [2.75, 3.05) is 0 Å². The van der Waals surface area contributed by atoms with Crippen molar-refractivity contribution in [1.29, 1.82) is 0 Å². The van der Waals surface area contributed by atoms with Crippen LogP contribution in [-0.2, 0) is 83.0 Å². The number of hydrogen-bond donors (Lipinski definition) is 0. The van der Waals surface area contributed by atoms with Crippen molar-refractivity contribution in [1.82, 2.24) is 0 Å². The van der Waals surface area contributed by atoms with Gasteiger partial charge in [0.05, 0.1) is 0 Å². The van der Waals surface area contributed by atoms with Gasteiger partial charge in [-0.05, 0) is 0 Å². The van der Waals surface area contributed by atoms with Crippen molar-refractivity contribution < 1.29 is 83.0 Å². The molecule has 0 saturated carbocycles. The van der Waals surface area contributed by atoms with Crippen LogP contribution in [0.2, 0.25) is 0 Å². The molecule has 0 fully saturated rings. The molecule has 0 spiro atoms. The molecule has 0 bridgehead atoms. The first kappa shape index (κ1) is 159. The molecule has 0 aromatic carbocycles. The van der Waals surface area contributed by atoms with E-state index in [-0.39, 0.29) is 108 Å². The van der Waals surface area contributed by atoms with Crippen LogP contribution in [0.4, 0.5) is 0 Å².